The first kappa shape index (κ1) is 34.4. The molecule has 1 aromatic heterocycles. The molecular weight excluding hydrogens is 572 g/mol. The number of aliphatic hydroxyl groups is 1. The highest BCUT2D eigenvalue weighted by Gasteiger charge is 2.32. The molecule has 0 radical (unpaired) electrons. The SMILES string of the molecule is C[C@H]1CCCCO[C@H](CN(C)C(=O)C2CCCCC2)[C@@H](C)CN([C@@H](C)CO)C(=O)c2cc(NC(=O)c3ccncc3)ccc2O1. The molecule has 3 amide bonds. The Morgan fingerprint density at radius 2 is 1.78 bits per heavy atom. The largest absolute Gasteiger partial charge is 0.490 e. The molecule has 1 aliphatic carbocycles. The zero-order valence-electron chi connectivity index (χ0n) is 27.2. The molecule has 4 atom stereocenters. The number of likely N-dealkylation sites (N-methyl/N-ethyl adjacent to an activating group) is 1. The number of pyridine rings is 1. The molecule has 246 valence electrons. The van der Waals surface area contributed by atoms with Crippen molar-refractivity contribution in [2.75, 3.05) is 38.7 Å². The van der Waals surface area contributed by atoms with Crippen LogP contribution >= 0.6 is 0 Å². The van der Waals surface area contributed by atoms with Gasteiger partial charge in [0.15, 0.2) is 0 Å². The van der Waals surface area contributed by atoms with Crippen LogP contribution in [0.2, 0.25) is 0 Å². The lowest BCUT2D eigenvalue weighted by atomic mass is 9.88. The van der Waals surface area contributed by atoms with E-state index >= 15 is 0 Å². The summed E-state index contributed by atoms with van der Waals surface area (Å²) in [4.78, 5) is 47.9. The smallest absolute Gasteiger partial charge is 0.258 e. The van der Waals surface area contributed by atoms with Crippen LogP contribution in [0.4, 0.5) is 5.69 Å². The van der Waals surface area contributed by atoms with E-state index in [1.165, 1.54) is 6.42 Å². The molecular formula is C35H50N4O6. The Bertz CT molecular complexity index is 1270. The van der Waals surface area contributed by atoms with Gasteiger partial charge < -0.3 is 29.7 Å². The van der Waals surface area contributed by atoms with Crippen LogP contribution in [0.1, 0.15) is 92.9 Å². The number of anilines is 1. The number of fused-ring (bicyclic) bond motifs is 1. The van der Waals surface area contributed by atoms with Crippen LogP contribution in [0.3, 0.4) is 0 Å². The van der Waals surface area contributed by atoms with Crippen LogP contribution in [-0.2, 0) is 9.53 Å². The van der Waals surface area contributed by atoms with Crippen LogP contribution in [0.5, 0.6) is 5.75 Å². The third-order valence-corrected chi connectivity index (χ3v) is 9.04. The van der Waals surface area contributed by atoms with Gasteiger partial charge in [-0.1, -0.05) is 26.2 Å². The summed E-state index contributed by atoms with van der Waals surface area (Å²) in [6.45, 7) is 6.88. The first-order chi connectivity index (χ1) is 21.7. The second kappa shape index (κ2) is 16.7. The van der Waals surface area contributed by atoms with Crippen molar-refractivity contribution in [1.29, 1.82) is 0 Å². The van der Waals surface area contributed by atoms with Gasteiger partial charge in [0.25, 0.3) is 11.8 Å². The molecule has 1 fully saturated rings. The van der Waals surface area contributed by atoms with Gasteiger partial charge >= 0.3 is 0 Å². The number of carbonyl (C=O) groups is 3. The van der Waals surface area contributed by atoms with E-state index in [1.54, 1.807) is 54.5 Å². The monoisotopic (exact) mass is 622 g/mol. The highest BCUT2D eigenvalue weighted by molar-refractivity contribution is 6.05. The Balaban J connectivity index is 1.61. The Hall–Kier alpha value is -3.50. The molecule has 1 aliphatic heterocycles. The van der Waals surface area contributed by atoms with Gasteiger partial charge in [-0.15, -0.1) is 0 Å². The third kappa shape index (κ3) is 9.50. The minimum atomic E-state index is -0.490. The highest BCUT2D eigenvalue weighted by Crippen LogP contribution is 2.29. The lowest BCUT2D eigenvalue weighted by Crippen LogP contribution is -2.48. The molecule has 2 N–H and O–H groups in total. The maximum atomic E-state index is 14.3. The number of amides is 3. The molecule has 45 heavy (non-hydrogen) atoms. The van der Waals surface area contributed by atoms with Crippen LogP contribution in [0.25, 0.3) is 0 Å². The first-order valence-corrected chi connectivity index (χ1v) is 16.5. The number of rotatable bonds is 7. The summed E-state index contributed by atoms with van der Waals surface area (Å²) in [5.41, 5.74) is 1.21. The number of ether oxygens (including phenoxy) is 2. The van der Waals surface area contributed by atoms with Crippen LogP contribution in [0, 0.1) is 11.8 Å². The molecule has 1 saturated carbocycles. The highest BCUT2D eigenvalue weighted by atomic mass is 16.5. The predicted molar refractivity (Wildman–Crippen MR) is 173 cm³/mol. The van der Waals surface area contributed by atoms with E-state index in [2.05, 4.69) is 10.3 Å². The quantitative estimate of drug-likeness (QED) is 0.437. The number of aromatic nitrogens is 1. The van der Waals surface area contributed by atoms with E-state index in [4.69, 9.17) is 9.47 Å². The van der Waals surface area contributed by atoms with E-state index in [0.717, 1.165) is 44.9 Å². The van der Waals surface area contributed by atoms with Crippen molar-refractivity contribution < 1.29 is 29.0 Å². The van der Waals surface area contributed by atoms with Gasteiger partial charge in [-0.05, 0) is 76.3 Å². The lowest BCUT2D eigenvalue weighted by molar-refractivity contribution is -0.137. The first-order valence-electron chi connectivity index (χ1n) is 16.5. The van der Waals surface area contributed by atoms with Gasteiger partial charge in [0, 0.05) is 62.2 Å². The van der Waals surface area contributed by atoms with Gasteiger partial charge in [-0.3, -0.25) is 19.4 Å². The van der Waals surface area contributed by atoms with Gasteiger partial charge in [-0.2, -0.15) is 0 Å². The van der Waals surface area contributed by atoms with Crippen molar-refractivity contribution in [3.63, 3.8) is 0 Å². The lowest BCUT2D eigenvalue weighted by Gasteiger charge is -2.36. The molecule has 0 spiro atoms. The minimum Gasteiger partial charge on any atom is -0.490 e. The number of nitrogens with zero attached hydrogens (tertiary/aromatic N) is 3. The average molecular weight is 623 g/mol. The molecule has 2 aromatic rings. The van der Waals surface area contributed by atoms with Gasteiger partial charge in [0.2, 0.25) is 5.91 Å². The van der Waals surface area contributed by atoms with Crippen molar-refractivity contribution in [2.24, 2.45) is 11.8 Å². The molecule has 0 unspecified atom stereocenters. The molecule has 4 rings (SSSR count). The summed E-state index contributed by atoms with van der Waals surface area (Å²) in [6.07, 6.45) is 10.4. The van der Waals surface area contributed by atoms with E-state index in [1.807, 2.05) is 25.8 Å². The molecule has 10 nitrogen and oxygen atoms in total. The van der Waals surface area contributed by atoms with E-state index in [9.17, 15) is 19.5 Å². The van der Waals surface area contributed by atoms with Crippen molar-refractivity contribution in [2.45, 2.75) is 90.4 Å². The standard InChI is InChI=1S/C35H50N4O6/c1-24-21-39(25(2)23-40)35(43)30-20-29(37-33(41)27-15-17-36-18-16-27)13-14-31(30)45-26(3)10-8-9-19-44-32(24)22-38(4)34(42)28-11-6-5-7-12-28/h13-18,20,24-26,28,32,40H,5-12,19,21-23H2,1-4H3,(H,37,41)/t24-,25-,26-,32+/m0/s1. The Labute approximate surface area is 267 Å². The summed E-state index contributed by atoms with van der Waals surface area (Å²) in [5, 5.41) is 13.1. The van der Waals surface area contributed by atoms with E-state index in [-0.39, 0.29) is 48.4 Å². The predicted octanol–water partition coefficient (Wildman–Crippen LogP) is 5.17. The van der Waals surface area contributed by atoms with Gasteiger partial charge in [-0.25, -0.2) is 0 Å². The Morgan fingerprint density at radius 1 is 1.07 bits per heavy atom. The molecule has 1 aromatic carbocycles. The zero-order chi connectivity index (χ0) is 32.3. The van der Waals surface area contributed by atoms with Crippen molar-refractivity contribution in [3.05, 3.63) is 53.9 Å². The van der Waals surface area contributed by atoms with Crippen LogP contribution < -0.4 is 10.1 Å². The summed E-state index contributed by atoms with van der Waals surface area (Å²) >= 11 is 0. The zero-order valence-corrected chi connectivity index (χ0v) is 27.2. The molecule has 0 saturated heterocycles. The molecule has 10 heteroatoms. The average Bonchev–Trinajstić information content (AvgIpc) is 3.06. The molecule has 0 bridgehead atoms. The minimum absolute atomic E-state index is 0.0660. The van der Waals surface area contributed by atoms with Crippen molar-refractivity contribution in [3.8, 4) is 5.75 Å². The fourth-order valence-electron chi connectivity index (χ4n) is 6.19. The number of aliphatic hydroxyl groups excluding tert-OH is 1. The summed E-state index contributed by atoms with van der Waals surface area (Å²) < 4.78 is 12.7. The van der Waals surface area contributed by atoms with Crippen molar-refractivity contribution >= 4 is 23.4 Å². The van der Waals surface area contributed by atoms with Gasteiger partial charge in [0.1, 0.15) is 5.75 Å². The fourth-order valence-corrected chi connectivity index (χ4v) is 6.19. The summed E-state index contributed by atoms with van der Waals surface area (Å²) in [6, 6.07) is 7.84. The maximum Gasteiger partial charge on any atom is 0.258 e. The third-order valence-electron chi connectivity index (χ3n) is 9.04. The number of hydrogen-bond acceptors (Lipinski definition) is 7. The number of carbonyl (C=O) groups excluding carboxylic acids is 3. The van der Waals surface area contributed by atoms with E-state index < -0.39 is 6.04 Å². The normalized spacial score (nSPS) is 22.8. The van der Waals surface area contributed by atoms with Gasteiger partial charge in [0.05, 0.1) is 30.4 Å². The Morgan fingerprint density at radius 3 is 2.49 bits per heavy atom. The number of nitrogens with one attached hydrogen (secondary N) is 1. The Kier molecular flexibility index (Phi) is 12.8. The second-order valence-corrected chi connectivity index (χ2v) is 12.8. The van der Waals surface area contributed by atoms with E-state index in [0.29, 0.717) is 42.3 Å². The fraction of sp³-hybridized carbons (Fsp3) is 0.600. The van der Waals surface area contributed by atoms with Crippen molar-refractivity contribution in [1.82, 2.24) is 14.8 Å². The summed E-state index contributed by atoms with van der Waals surface area (Å²) in [5.74, 6) is -0.0987. The maximum absolute atomic E-state index is 14.3. The molecule has 2 aliphatic rings. The molecule has 2 heterocycles. The second-order valence-electron chi connectivity index (χ2n) is 12.8. The van der Waals surface area contributed by atoms with Crippen LogP contribution in [0.15, 0.2) is 42.7 Å². The topological polar surface area (TPSA) is 121 Å². The number of benzene rings is 1. The summed E-state index contributed by atoms with van der Waals surface area (Å²) in [7, 11) is 1.86. The number of hydrogen-bond donors (Lipinski definition) is 2. The van der Waals surface area contributed by atoms with Crippen LogP contribution in [-0.4, -0.2) is 89.2 Å².